The van der Waals surface area contributed by atoms with Gasteiger partial charge in [0.2, 0.25) is 0 Å². The normalized spacial score (nSPS) is 11.9. The molecule has 0 saturated heterocycles. The van der Waals surface area contributed by atoms with Crippen molar-refractivity contribution in [3.63, 3.8) is 0 Å². The van der Waals surface area contributed by atoms with Gasteiger partial charge in [-0.25, -0.2) is 15.4 Å². The number of hydrazine groups is 1. The van der Waals surface area contributed by atoms with Crippen molar-refractivity contribution in [1.82, 2.24) is 9.97 Å². The van der Waals surface area contributed by atoms with Crippen molar-refractivity contribution >= 4 is 34.7 Å². The third-order valence-corrected chi connectivity index (χ3v) is 4.84. The van der Waals surface area contributed by atoms with Gasteiger partial charge < -0.3 is 8.83 Å². The number of hydrogen-bond acceptors (Lipinski definition) is 7. The molecule has 7 nitrogen and oxygen atoms in total. The summed E-state index contributed by atoms with van der Waals surface area (Å²) in [5, 5.41) is 11.7. The Morgan fingerprint density at radius 3 is 2.76 bits per heavy atom. The van der Waals surface area contributed by atoms with Gasteiger partial charge >= 0.3 is 12.0 Å². The zero-order chi connectivity index (χ0) is 20.4. The Kier molecular flexibility index (Phi) is 5.10. The Morgan fingerprint density at radius 1 is 1.21 bits per heavy atom. The fourth-order valence-electron chi connectivity index (χ4n) is 3.11. The van der Waals surface area contributed by atoms with E-state index in [1.54, 1.807) is 5.01 Å². The van der Waals surface area contributed by atoms with E-state index in [2.05, 4.69) is 21.5 Å². The molecule has 0 aliphatic carbocycles. The molecule has 1 unspecified atom stereocenters. The molecule has 0 spiro atoms. The van der Waals surface area contributed by atoms with Gasteiger partial charge in [0, 0.05) is 5.02 Å². The van der Waals surface area contributed by atoms with Crippen molar-refractivity contribution in [2.45, 2.75) is 26.3 Å². The van der Waals surface area contributed by atoms with Crippen molar-refractivity contribution in [2.24, 2.45) is 0 Å². The van der Waals surface area contributed by atoms with Crippen LogP contribution in [0.25, 0.3) is 11.1 Å². The summed E-state index contributed by atoms with van der Waals surface area (Å²) in [4.78, 5) is 8.73. The molecule has 0 bridgehead atoms. The van der Waals surface area contributed by atoms with Crippen molar-refractivity contribution in [3.05, 3.63) is 70.6 Å². The van der Waals surface area contributed by atoms with E-state index in [0.717, 1.165) is 16.7 Å². The van der Waals surface area contributed by atoms with Gasteiger partial charge in [0.25, 0.3) is 0 Å². The number of aromatic nitrogens is 2. The molecule has 0 fully saturated rings. The van der Waals surface area contributed by atoms with Crippen LogP contribution >= 0.6 is 11.6 Å². The van der Waals surface area contributed by atoms with E-state index in [9.17, 15) is 5.26 Å². The molecule has 0 saturated carbocycles. The number of hydrogen-bond donors (Lipinski definition) is 1. The summed E-state index contributed by atoms with van der Waals surface area (Å²) in [6, 6.07) is 13.7. The molecular formula is C21H18ClN5O2. The number of rotatable bonds is 6. The molecule has 2 heterocycles. The average molecular weight is 408 g/mol. The van der Waals surface area contributed by atoms with Crippen LogP contribution in [-0.2, 0) is 0 Å². The van der Waals surface area contributed by atoms with Gasteiger partial charge in [-0.2, -0.15) is 10.2 Å². The Labute approximate surface area is 172 Å². The van der Waals surface area contributed by atoms with Gasteiger partial charge in [-0.1, -0.05) is 35.4 Å². The average Bonchev–Trinajstić information content (AvgIpc) is 3.35. The zero-order valence-corrected chi connectivity index (χ0v) is 16.6. The number of nitriles is 1. The molecule has 4 rings (SSSR count). The lowest BCUT2D eigenvalue weighted by atomic mass is 10.0. The molecule has 0 aliphatic heterocycles. The quantitative estimate of drug-likeness (QED) is 0.417. The van der Waals surface area contributed by atoms with Crippen LogP contribution in [0, 0.1) is 25.2 Å². The molecule has 4 aromatic rings. The Morgan fingerprint density at radius 2 is 2.00 bits per heavy atom. The van der Waals surface area contributed by atoms with E-state index in [0.29, 0.717) is 16.1 Å². The Bertz CT molecular complexity index is 1180. The van der Waals surface area contributed by atoms with E-state index >= 15 is 0 Å². The topological polar surface area (TPSA) is 91.1 Å². The van der Waals surface area contributed by atoms with Gasteiger partial charge in [0.1, 0.15) is 11.8 Å². The third-order valence-electron chi connectivity index (χ3n) is 4.49. The van der Waals surface area contributed by atoms with E-state index in [4.69, 9.17) is 20.4 Å². The molecule has 0 aliphatic rings. The highest BCUT2D eigenvalue weighted by atomic mass is 35.5. The minimum atomic E-state index is -0.492. The molecular weight excluding hydrogens is 390 g/mol. The first kappa shape index (κ1) is 18.8. The van der Waals surface area contributed by atoms with Gasteiger partial charge in [-0.15, -0.1) is 0 Å². The molecule has 8 heteroatoms. The Hall–Kier alpha value is -3.50. The van der Waals surface area contributed by atoms with E-state index < -0.39 is 6.04 Å². The SMILES string of the molecule is Cc1ccc(Cl)c(C(CC#N)N(Nc2ncco2)c2nc3cc(C)ccc3o2)c1. The monoisotopic (exact) mass is 407 g/mol. The summed E-state index contributed by atoms with van der Waals surface area (Å²) < 4.78 is 11.3. The van der Waals surface area contributed by atoms with Crippen molar-refractivity contribution in [2.75, 3.05) is 10.4 Å². The van der Waals surface area contributed by atoms with Crippen LogP contribution in [0.15, 0.2) is 57.7 Å². The van der Waals surface area contributed by atoms with Crippen LogP contribution in [0.1, 0.15) is 29.2 Å². The van der Waals surface area contributed by atoms with Crippen LogP contribution in [0.4, 0.5) is 12.0 Å². The highest BCUT2D eigenvalue weighted by Gasteiger charge is 2.28. The molecule has 1 atom stereocenters. The van der Waals surface area contributed by atoms with Crippen LogP contribution in [0.2, 0.25) is 5.02 Å². The molecule has 0 radical (unpaired) electrons. The van der Waals surface area contributed by atoms with Gasteiger partial charge in [-0.3, -0.25) is 0 Å². The van der Waals surface area contributed by atoms with Crippen molar-refractivity contribution < 1.29 is 8.83 Å². The fraction of sp³-hybridized carbons (Fsp3) is 0.190. The van der Waals surface area contributed by atoms with Gasteiger partial charge in [-0.05, 0) is 43.2 Å². The minimum absolute atomic E-state index is 0.134. The number of benzene rings is 2. The van der Waals surface area contributed by atoms with E-state index in [-0.39, 0.29) is 18.5 Å². The second kappa shape index (κ2) is 7.86. The van der Waals surface area contributed by atoms with Crippen LogP contribution in [0.3, 0.4) is 0 Å². The maximum absolute atomic E-state index is 9.52. The number of fused-ring (bicyclic) bond motifs is 1. The molecule has 29 heavy (non-hydrogen) atoms. The third kappa shape index (κ3) is 3.89. The van der Waals surface area contributed by atoms with E-state index in [1.165, 1.54) is 12.5 Å². The lowest BCUT2D eigenvalue weighted by molar-refractivity contribution is 0.518. The number of oxazole rings is 2. The lowest BCUT2D eigenvalue weighted by Crippen LogP contribution is -2.35. The van der Waals surface area contributed by atoms with E-state index in [1.807, 2.05) is 50.2 Å². The largest absolute Gasteiger partial charge is 0.431 e. The first-order valence-corrected chi connectivity index (χ1v) is 9.38. The summed E-state index contributed by atoms with van der Waals surface area (Å²) in [6.07, 6.45) is 3.11. The van der Waals surface area contributed by atoms with Crippen molar-refractivity contribution in [3.8, 4) is 6.07 Å². The smallest absolute Gasteiger partial charge is 0.318 e. The highest BCUT2D eigenvalue weighted by molar-refractivity contribution is 6.31. The minimum Gasteiger partial charge on any atom is -0.431 e. The van der Waals surface area contributed by atoms with Crippen molar-refractivity contribution in [1.29, 1.82) is 5.26 Å². The summed E-state index contributed by atoms with van der Waals surface area (Å²) in [6.45, 7) is 3.96. The number of anilines is 2. The molecule has 2 aromatic carbocycles. The second-order valence-corrected chi connectivity index (χ2v) is 7.10. The molecule has 1 N–H and O–H groups in total. The van der Waals surface area contributed by atoms with Gasteiger partial charge in [0.15, 0.2) is 5.58 Å². The highest BCUT2D eigenvalue weighted by Crippen LogP contribution is 2.35. The molecule has 2 aromatic heterocycles. The zero-order valence-electron chi connectivity index (χ0n) is 15.9. The first-order chi connectivity index (χ1) is 14.0. The summed E-state index contributed by atoms with van der Waals surface area (Å²) in [5.41, 5.74) is 7.28. The maximum atomic E-state index is 9.52. The second-order valence-electron chi connectivity index (χ2n) is 6.69. The first-order valence-electron chi connectivity index (χ1n) is 9.00. The van der Waals surface area contributed by atoms with Gasteiger partial charge in [0.05, 0.1) is 24.7 Å². The van der Waals surface area contributed by atoms with Crippen LogP contribution < -0.4 is 10.4 Å². The maximum Gasteiger partial charge on any atom is 0.318 e. The number of nitrogens with one attached hydrogen (secondary N) is 1. The number of nitrogens with zero attached hydrogens (tertiary/aromatic N) is 4. The van der Waals surface area contributed by atoms with Crippen LogP contribution in [0.5, 0.6) is 0 Å². The summed E-state index contributed by atoms with van der Waals surface area (Å²) in [7, 11) is 0. The lowest BCUT2D eigenvalue weighted by Gasteiger charge is -2.29. The predicted octanol–water partition coefficient (Wildman–Crippen LogP) is 5.57. The molecule has 146 valence electrons. The standard InChI is InChI=1S/C21H18ClN5O2/c1-13-3-5-16(22)15(11-13)18(7-8-23)27(26-20-24-9-10-28-20)21-25-17-12-14(2)4-6-19(17)29-21/h3-6,9-12,18H,7H2,1-2H3,(H,24,26). The summed E-state index contributed by atoms with van der Waals surface area (Å²) >= 11 is 6.49. The van der Waals surface area contributed by atoms with Crippen LogP contribution in [-0.4, -0.2) is 9.97 Å². The number of halogens is 1. The molecule has 0 amide bonds. The predicted molar refractivity (Wildman–Crippen MR) is 111 cm³/mol. The summed E-state index contributed by atoms with van der Waals surface area (Å²) in [5.74, 6) is 0. The Balaban J connectivity index is 1.84. The number of aryl methyl sites for hydroxylation is 2. The fourth-order valence-corrected chi connectivity index (χ4v) is 3.36.